The Hall–Kier alpha value is -6.18. The first-order valence-electron chi connectivity index (χ1n) is 21.6. The van der Waals surface area contributed by atoms with Crippen LogP contribution in [-0.4, -0.2) is 75.7 Å². The van der Waals surface area contributed by atoms with Crippen LogP contribution in [0, 0.1) is 0 Å². The topological polar surface area (TPSA) is 120 Å². The molecule has 6 aromatic rings. The highest BCUT2D eigenvalue weighted by Gasteiger charge is 2.49. The van der Waals surface area contributed by atoms with Gasteiger partial charge in [0.15, 0.2) is 12.3 Å². The number of rotatable bonds is 20. The lowest BCUT2D eigenvalue weighted by Crippen LogP contribution is -2.62. The van der Waals surface area contributed by atoms with Crippen molar-refractivity contribution >= 4 is 12.1 Å². The van der Waals surface area contributed by atoms with Gasteiger partial charge in [-0.15, -0.1) is 0 Å². The molecular formula is C53H53NO10. The van der Waals surface area contributed by atoms with Crippen LogP contribution in [-0.2, 0) is 69.1 Å². The van der Waals surface area contributed by atoms with E-state index >= 15 is 0 Å². The molecule has 0 aromatic heterocycles. The molecule has 11 heteroatoms. The lowest BCUT2D eigenvalue weighted by molar-refractivity contribution is -0.329. The summed E-state index contributed by atoms with van der Waals surface area (Å²) >= 11 is 0. The molecule has 8 rings (SSSR count). The summed E-state index contributed by atoms with van der Waals surface area (Å²) < 4.78 is 50.9. The van der Waals surface area contributed by atoms with Crippen LogP contribution in [0.4, 0.5) is 4.79 Å². The van der Waals surface area contributed by atoms with Gasteiger partial charge in [-0.1, -0.05) is 170 Å². The largest absolute Gasteiger partial charge is 0.467 e. The molecule has 1 heterocycles. The molecule has 1 fully saturated rings. The third-order valence-corrected chi connectivity index (χ3v) is 11.4. The number of carbonyl (C=O) groups excluding carboxylic acids is 2. The molecule has 0 saturated carbocycles. The number of benzene rings is 6. The van der Waals surface area contributed by atoms with E-state index in [1.165, 1.54) is 7.11 Å². The van der Waals surface area contributed by atoms with Gasteiger partial charge in [-0.05, 0) is 44.5 Å². The summed E-state index contributed by atoms with van der Waals surface area (Å²) in [4.78, 5) is 26.8. The molecule has 1 aliphatic carbocycles. The standard InChI is InChI=1S/C53H53NO10/c1-57-51(55)46(54-53(56)63-34-45-43-28-16-14-26-41(43)42-27-15-17-29-44(42)45)35-62-52-50(61-33-40-24-12-5-13-25-40)49(60-32-39-22-10-4-11-23-39)48(59-31-38-20-8-3-9-21-38)47(64-52)36-58-30-37-18-6-2-7-19-37/h2-29,45-50,52H,30-36H2,1H3,(H,54,56)/t46-,47+,48-,49-,50+,52+/m0/s1. The SMILES string of the molecule is COC(=O)[C@H](CO[C@@H]1O[C@H](COCc2ccccc2)[C@H](OCc2ccccc2)[C@H](OCc2ccccc2)[C@H]1OCc1ccccc1)NC(=O)OCC1c2ccccc2-c2ccccc21. The number of methoxy groups -OCH3 is 1. The zero-order valence-electron chi connectivity index (χ0n) is 35.7. The zero-order chi connectivity index (χ0) is 43.9. The van der Waals surface area contributed by atoms with E-state index in [2.05, 4.69) is 17.4 Å². The van der Waals surface area contributed by atoms with Crippen LogP contribution in [0.15, 0.2) is 170 Å². The van der Waals surface area contributed by atoms with Crippen LogP contribution in [0.5, 0.6) is 0 Å². The molecule has 6 aromatic carbocycles. The highest BCUT2D eigenvalue weighted by molar-refractivity contribution is 5.82. The predicted molar refractivity (Wildman–Crippen MR) is 240 cm³/mol. The lowest BCUT2D eigenvalue weighted by Gasteiger charge is -2.46. The fourth-order valence-electron chi connectivity index (χ4n) is 8.17. The van der Waals surface area contributed by atoms with Crippen LogP contribution in [0.25, 0.3) is 11.1 Å². The molecular weight excluding hydrogens is 811 g/mol. The Balaban J connectivity index is 1.04. The van der Waals surface area contributed by atoms with E-state index in [0.29, 0.717) is 6.61 Å². The summed E-state index contributed by atoms with van der Waals surface area (Å²) in [5.74, 6) is -0.898. The third kappa shape index (κ3) is 11.5. The quantitative estimate of drug-likeness (QED) is 0.0747. The van der Waals surface area contributed by atoms with E-state index in [1.54, 1.807) is 0 Å². The maximum absolute atomic E-state index is 13.5. The number of alkyl carbamates (subject to hydrolysis) is 1. The summed E-state index contributed by atoms with van der Waals surface area (Å²) in [5.41, 5.74) is 8.17. The van der Waals surface area contributed by atoms with Crippen molar-refractivity contribution in [1.82, 2.24) is 5.32 Å². The van der Waals surface area contributed by atoms with Crippen molar-refractivity contribution in [2.24, 2.45) is 0 Å². The average molecular weight is 864 g/mol. The van der Waals surface area contributed by atoms with Crippen molar-refractivity contribution in [3.63, 3.8) is 0 Å². The van der Waals surface area contributed by atoms with Crippen molar-refractivity contribution in [2.75, 3.05) is 26.9 Å². The maximum Gasteiger partial charge on any atom is 0.407 e. The second-order valence-electron chi connectivity index (χ2n) is 15.7. The highest BCUT2D eigenvalue weighted by atomic mass is 16.7. The number of hydrogen-bond acceptors (Lipinski definition) is 10. The Morgan fingerprint density at radius 2 is 0.984 bits per heavy atom. The van der Waals surface area contributed by atoms with Gasteiger partial charge >= 0.3 is 12.1 Å². The van der Waals surface area contributed by atoms with Crippen molar-refractivity contribution in [2.45, 2.75) is 69.1 Å². The molecule has 2 aliphatic rings. The van der Waals surface area contributed by atoms with Crippen LogP contribution in [0.3, 0.4) is 0 Å². The highest BCUT2D eigenvalue weighted by Crippen LogP contribution is 2.44. The minimum absolute atomic E-state index is 0.0607. The Bertz CT molecular complexity index is 2320. The Morgan fingerprint density at radius 3 is 1.50 bits per heavy atom. The molecule has 64 heavy (non-hydrogen) atoms. The molecule has 0 spiro atoms. The molecule has 1 amide bonds. The minimum atomic E-state index is -1.26. The second-order valence-corrected chi connectivity index (χ2v) is 15.7. The molecule has 330 valence electrons. The van der Waals surface area contributed by atoms with Crippen LogP contribution in [0.1, 0.15) is 39.3 Å². The van der Waals surface area contributed by atoms with E-state index < -0.39 is 48.8 Å². The smallest absolute Gasteiger partial charge is 0.407 e. The van der Waals surface area contributed by atoms with Crippen molar-refractivity contribution in [3.8, 4) is 11.1 Å². The normalized spacial score (nSPS) is 19.5. The molecule has 0 radical (unpaired) electrons. The first kappa shape index (κ1) is 44.4. The van der Waals surface area contributed by atoms with Gasteiger partial charge in [0, 0.05) is 5.92 Å². The molecule has 0 bridgehead atoms. The number of nitrogens with one attached hydrogen (secondary N) is 1. The third-order valence-electron chi connectivity index (χ3n) is 11.4. The Morgan fingerprint density at radius 1 is 0.531 bits per heavy atom. The van der Waals surface area contributed by atoms with Crippen molar-refractivity contribution < 1.29 is 47.5 Å². The minimum Gasteiger partial charge on any atom is -0.467 e. The van der Waals surface area contributed by atoms with Crippen LogP contribution >= 0.6 is 0 Å². The summed E-state index contributed by atoms with van der Waals surface area (Å²) in [7, 11) is 1.25. The van der Waals surface area contributed by atoms with Gasteiger partial charge in [0.1, 0.15) is 31.0 Å². The van der Waals surface area contributed by atoms with Gasteiger partial charge < -0.3 is 43.2 Å². The maximum atomic E-state index is 13.5. The first-order chi connectivity index (χ1) is 31.5. The molecule has 6 atom stereocenters. The van der Waals surface area contributed by atoms with E-state index in [1.807, 2.05) is 158 Å². The predicted octanol–water partition coefficient (Wildman–Crippen LogP) is 8.78. The summed E-state index contributed by atoms with van der Waals surface area (Å²) in [5, 5.41) is 2.68. The number of hydrogen-bond donors (Lipinski definition) is 1. The first-order valence-corrected chi connectivity index (χ1v) is 21.6. The number of amides is 1. The zero-order valence-corrected chi connectivity index (χ0v) is 35.7. The lowest BCUT2D eigenvalue weighted by atomic mass is 9.97. The molecule has 1 saturated heterocycles. The van der Waals surface area contributed by atoms with Gasteiger partial charge in [0.25, 0.3) is 0 Å². The molecule has 1 N–H and O–H groups in total. The van der Waals surface area contributed by atoms with Gasteiger partial charge in [0.2, 0.25) is 0 Å². The number of ether oxygens (including phenoxy) is 8. The summed E-state index contributed by atoms with van der Waals surface area (Å²) in [6, 6.07) is 54.2. The Labute approximate surface area is 374 Å². The van der Waals surface area contributed by atoms with E-state index in [9.17, 15) is 9.59 Å². The van der Waals surface area contributed by atoms with E-state index in [4.69, 9.17) is 37.9 Å². The molecule has 0 unspecified atom stereocenters. The van der Waals surface area contributed by atoms with Gasteiger partial charge in [0.05, 0.1) is 46.8 Å². The summed E-state index contributed by atoms with van der Waals surface area (Å²) in [6.07, 6.45) is -4.99. The molecule has 1 aliphatic heterocycles. The Kier molecular flexibility index (Phi) is 15.6. The number of carbonyl (C=O) groups is 2. The van der Waals surface area contributed by atoms with Gasteiger partial charge in [-0.2, -0.15) is 0 Å². The number of fused-ring (bicyclic) bond motifs is 3. The number of esters is 1. The monoisotopic (exact) mass is 863 g/mol. The molecule has 11 nitrogen and oxygen atoms in total. The summed E-state index contributed by atoms with van der Waals surface area (Å²) in [6.45, 7) is 0.856. The van der Waals surface area contributed by atoms with E-state index in [-0.39, 0.29) is 45.6 Å². The second kappa shape index (κ2) is 22.4. The fraction of sp³-hybridized carbons (Fsp3) is 0.283. The fourth-order valence-corrected chi connectivity index (χ4v) is 8.17. The van der Waals surface area contributed by atoms with E-state index in [0.717, 1.165) is 44.5 Å². The van der Waals surface area contributed by atoms with Crippen LogP contribution < -0.4 is 5.32 Å². The van der Waals surface area contributed by atoms with Gasteiger partial charge in [-0.25, -0.2) is 9.59 Å². The van der Waals surface area contributed by atoms with Crippen molar-refractivity contribution in [3.05, 3.63) is 203 Å². The van der Waals surface area contributed by atoms with Crippen LogP contribution in [0.2, 0.25) is 0 Å². The van der Waals surface area contributed by atoms with Crippen molar-refractivity contribution in [1.29, 1.82) is 0 Å². The average Bonchev–Trinajstić information content (AvgIpc) is 3.67. The van der Waals surface area contributed by atoms with Gasteiger partial charge in [-0.3, -0.25) is 0 Å².